The Balaban J connectivity index is 2.61. The van der Waals surface area contributed by atoms with E-state index in [-0.39, 0.29) is 11.1 Å². The molecule has 2 aromatic rings. The van der Waals surface area contributed by atoms with Crippen LogP contribution in [0.2, 0.25) is 0 Å². The number of hydrogen-bond donors (Lipinski definition) is 1. The first kappa shape index (κ1) is 15.0. The average Bonchev–Trinajstić information content (AvgIpc) is 2.40. The van der Waals surface area contributed by atoms with Gasteiger partial charge in [0, 0.05) is 0 Å². The van der Waals surface area contributed by atoms with Crippen LogP contribution in [0.5, 0.6) is 0 Å². The first-order valence-electron chi connectivity index (χ1n) is 5.91. The maximum Gasteiger partial charge on any atom is 0.417 e. The van der Waals surface area contributed by atoms with E-state index < -0.39 is 29.1 Å². The number of aryl methyl sites for hydroxylation is 1. The number of benzene rings is 2. The molecule has 0 heterocycles. The zero-order valence-corrected chi connectivity index (χ0v) is 10.8. The van der Waals surface area contributed by atoms with Crippen molar-refractivity contribution < 1.29 is 27.5 Å². The molecule has 21 heavy (non-hydrogen) atoms. The molecular weight excluding hydrogens is 288 g/mol. The number of halogens is 4. The highest BCUT2D eigenvalue weighted by atomic mass is 19.4. The van der Waals surface area contributed by atoms with E-state index in [4.69, 9.17) is 5.11 Å². The SMILES string of the molecule is Cc1ccc(-c2ccc(C(=O)O)c(C(F)(F)F)c2)cc1F. The third-order valence-electron chi connectivity index (χ3n) is 3.06. The molecule has 2 nitrogen and oxygen atoms in total. The van der Waals surface area contributed by atoms with Gasteiger partial charge >= 0.3 is 12.1 Å². The van der Waals surface area contributed by atoms with Crippen LogP contribution in [0.25, 0.3) is 11.1 Å². The topological polar surface area (TPSA) is 37.3 Å². The summed E-state index contributed by atoms with van der Waals surface area (Å²) in [5.74, 6) is -2.20. The fourth-order valence-electron chi connectivity index (χ4n) is 1.92. The van der Waals surface area contributed by atoms with E-state index in [2.05, 4.69) is 0 Å². The van der Waals surface area contributed by atoms with Crippen LogP contribution >= 0.6 is 0 Å². The second-order valence-corrected chi connectivity index (χ2v) is 4.53. The van der Waals surface area contributed by atoms with Crippen molar-refractivity contribution >= 4 is 5.97 Å². The summed E-state index contributed by atoms with van der Waals surface area (Å²) >= 11 is 0. The Kier molecular flexibility index (Phi) is 3.72. The molecule has 0 unspecified atom stereocenters. The molecule has 0 atom stereocenters. The van der Waals surface area contributed by atoms with Gasteiger partial charge in [0.1, 0.15) is 5.82 Å². The molecule has 2 rings (SSSR count). The summed E-state index contributed by atoms with van der Waals surface area (Å²) in [5, 5.41) is 8.81. The summed E-state index contributed by atoms with van der Waals surface area (Å²) in [7, 11) is 0. The maximum absolute atomic E-state index is 13.5. The van der Waals surface area contributed by atoms with Gasteiger partial charge in [-0.2, -0.15) is 13.2 Å². The van der Waals surface area contributed by atoms with Crippen molar-refractivity contribution in [1.82, 2.24) is 0 Å². The normalized spacial score (nSPS) is 11.5. The van der Waals surface area contributed by atoms with Gasteiger partial charge in [0.05, 0.1) is 11.1 Å². The number of hydrogen-bond acceptors (Lipinski definition) is 1. The summed E-state index contributed by atoms with van der Waals surface area (Å²) < 4.78 is 52.2. The quantitative estimate of drug-likeness (QED) is 0.828. The van der Waals surface area contributed by atoms with Crippen LogP contribution in [0.3, 0.4) is 0 Å². The molecule has 0 aliphatic carbocycles. The van der Waals surface area contributed by atoms with Gasteiger partial charge < -0.3 is 5.11 Å². The Bertz CT molecular complexity index is 705. The van der Waals surface area contributed by atoms with Crippen LogP contribution in [-0.2, 0) is 6.18 Å². The number of alkyl halides is 3. The molecule has 0 amide bonds. The van der Waals surface area contributed by atoms with Crippen molar-refractivity contribution in [3.8, 4) is 11.1 Å². The molecule has 110 valence electrons. The highest BCUT2D eigenvalue weighted by Crippen LogP contribution is 2.35. The van der Waals surface area contributed by atoms with E-state index in [0.29, 0.717) is 11.6 Å². The second kappa shape index (κ2) is 5.20. The largest absolute Gasteiger partial charge is 0.478 e. The van der Waals surface area contributed by atoms with Crippen molar-refractivity contribution in [3.05, 3.63) is 58.9 Å². The first-order valence-corrected chi connectivity index (χ1v) is 5.91. The molecule has 0 bridgehead atoms. The minimum absolute atomic E-state index is 0.103. The van der Waals surface area contributed by atoms with Crippen molar-refractivity contribution in [2.45, 2.75) is 13.1 Å². The van der Waals surface area contributed by atoms with E-state index in [1.165, 1.54) is 25.1 Å². The van der Waals surface area contributed by atoms with Crippen LogP contribution < -0.4 is 0 Å². The van der Waals surface area contributed by atoms with E-state index in [1.54, 1.807) is 0 Å². The molecule has 0 saturated heterocycles. The van der Waals surface area contributed by atoms with Gasteiger partial charge in [0.2, 0.25) is 0 Å². The Hall–Kier alpha value is -2.37. The predicted octanol–water partition coefficient (Wildman–Crippen LogP) is 4.52. The smallest absolute Gasteiger partial charge is 0.417 e. The van der Waals surface area contributed by atoms with Crippen molar-refractivity contribution in [2.24, 2.45) is 0 Å². The van der Waals surface area contributed by atoms with E-state index in [0.717, 1.165) is 12.1 Å². The third-order valence-corrected chi connectivity index (χ3v) is 3.06. The number of carboxylic acid groups (broad SMARTS) is 1. The third kappa shape index (κ3) is 3.04. The van der Waals surface area contributed by atoms with Gasteiger partial charge in [-0.1, -0.05) is 18.2 Å². The summed E-state index contributed by atoms with van der Waals surface area (Å²) in [5.41, 5.74) is -1.36. The first-order chi connectivity index (χ1) is 9.70. The highest BCUT2D eigenvalue weighted by Gasteiger charge is 2.35. The van der Waals surface area contributed by atoms with Crippen molar-refractivity contribution in [1.29, 1.82) is 0 Å². The highest BCUT2D eigenvalue weighted by molar-refractivity contribution is 5.90. The van der Waals surface area contributed by atoms with E-state index in [1.807, 2.05) is 0 Å². The lowest BCUT2D eigenvalue weighted by Crippen LogP contribution is -2.13. The van der Waals surface area contributed by atoms with E-state index >= 15 is 0 Å². The van der Waals surface area contributed by atoms with Gasteiger partial charge in [-0.25, -0.2) is 9.18 Å². The second-order valence-electron chi connectivity index (χ2n) is 4.53. The van der Waals surface area contributed by atoms with Gasteiger partial charge in [0.15, 0.2) is 0 Å². The molecule has 0 aromatic heterocycles. The summed E-state index contributed by atoms with van der Waals surface area (Å²) in [6.45, 7) is 1.54. The maximum atomic E-state index is 13.5. The minimum atomic E-state index is -4.80. The number of carboxylic acids is 1. The molecule has 0 aliphatic heterocycles. The lowest BCUT2D eigenvalue weighted by Gasteiger charge is -2.12. The standard InChI is InChI=1S/C15H10F4O2/c1-8-2-3-10(7-13(8)16)9-4-5-11(14(20)21)12(6-9)15(17,18)19/h2-7H,1H3,(H,20,21). The minimum Gasteiger partial charge on any atom is -0.478 e. The molecule has 0 spiro atoms. The predicted molar refractivity (Wildman–Crippen MR) is 68.5 cm³/mol. The molecule has 0 saturated carbocycles. The Morgan fingerprint density at radius 1 is 1.05 bits per heavy atom. The Morgan fingerprint density at radius 2 is 1.62 bits per heavy atom. The van der Waals surface area contributed by atoms with Gasteiger partial charge in [-0.05, 0) is 41.8 Å². The number of carbonyl (C=O) groups is 1. The number of rotatable bonds is 2. The fourth-order valence-corrected chi connectivity index (χ4v) is 1.92. The van der Waals surface area contributed by atoms with Gasteiger partial charge in [0.25, 0.3) is 0 Å². The Morgan fingerprint density at radius 3 is 2.14 bits per heavy atom. The molecule has 1 N–H and O–H groups in total. The van der Waals surface area contributed by atoms with Gasteiger partial charge in [-0.3, -0.25) is 0 Å². The molecular formula is C15H10F4O2. The summed E-state index contributed by atoms with van der Waals surface area (Å²) in [6, 6.07) is 6.86. The van der Waals surface area contributed by atoms with Crippen LogP contribution in [0.15, 0.2) is 36.4 Å². The van der Waals surface area contributed by atoms with Crippen LogP contribution in [-0.4, -0.2) is 11.1 Å². The molecule has 0 aliphatic rings. The molecule has 0 fully saturated rings. The zero-order chi connectivity index (χ0) is 15.8. The zero-order valence-electron chi connectivity index (χ0n) is 10.8. The number of aromatic carboxylic acids is 1. The summed E-state index contributed by atoms with van der Waals surface area (Å²) in [4.78, 5) is 10.9. The lowest BCUT2D eigenvalue weighted by atomic mass is 9.98. The average molecular weight is 298 g/mol. The summed E-state index contributed by atoms with van der Waals surface area (Å²) in [6.07, 6.45) is -4.80. The van der Waals surface area contributed by atoms with Crippen LogP contribution in [0.1, 0.15) is 21.5 Å². The van der Waals surface area contributed by atoms with Crippen LogP contribution in [0, 0.1) is 12.7 Å². The van der Waals surface area contributed by atoms with E-state index in [9.17, 15) is 22.4 Å². The monoisotopic (exact) mass is 298 g/mol. The van der Waals surface area contributed by atoms with Crippen LogP contribution in [0.4, 0.5) is 17.6 Å². The van der Waals surface area contributed by atoms with Gasteiger partial charge in [-0.15, -0.1) is 0 Å². The molecule has 6 heteroatoms. The van der Waals surface area contributed by atoms with Crippen molar-refractivity contribution in [3.63, 3.8) is 0 Å². The fraction of sp³-hybridized carbons (Fsp3) is 0.133. The lowest BCUT2D eigenvalue weighted by molar-refractivity contribution is -0.138. The molecule has 2 aromatic carbocycles. The Labute approximate surface area is 117 Å². The molecule has 0 radical (unpaired) electrons. The van der Waals surface area contributed by atoms with Crippen molar-refractivity contribution in [2.75, 3.05) is 0 Å².